The second-order valence-electron chi connectivity index (χ2n) is 2.69. The number of nitrogens with zero attached hydrogens (tertiary/aromatic N) is 2. The molecule has 0 aliphatic heterocycles. The zero-order chi connectivity index (χ0) is 9.97. The van der Waals surface area contributed by atoms with E-state index in [0.29, 0.717) is 11.6 Å². The van der Waals surface area contributed by atoms with E-state index in [1.165, 1.54) is 18.7 Å². The van der Waals surface area contributed by atoms with Crippen molar-refractivity contribution in [2.24, 2.45) is 0 Å². The molecule has 2 heterocycles. The molecule has 0 bridgehead atoms. The van der Waals surface area contributed by atoms with E-state index in [4.69, 9.17) is 14.5 Å². The first-order valence-corrected chi connectivity index (χ1v) is 3.99. The van der Waals surface area contributed by atoms with Crippen LogP contribution < -0.4 is 5.46 Å². The third-order valence-electron chi connectivity index (χ3n) is 1.71. The van der Waals surface area contributed by atoms with Crippen LogP contribution in [-0.4, -0.2) is 27.1 Å². The first kappa shape index (κ1) is 8.92. The topological polar surface area (TPSA) is 79.4 Å². The Hall–Kier alpha value is -1.66. The maximum atomic E-state index is 8.80. The highest BCUT2D eigenvalue weighted by Gasteiger charge is 2.12. The second-order valence-corrected chi connectivity index (χ2v) is 2.69. The quantitative estimate of drug-likeness (QED) is 0.619. The molecule has 0 aliphatic carbocycles. The molecule has 2 aromatic rings. The number of hydrogen-bond donors (Lipinski definition) is 2. The van der Waals surface area contributed by atoms with E-state index in [1.807, 2.05) is 0 Å². The van der Waals surface area contributed by atoms with Gasteiger partial charge in [0.15, 0.2) is 11.6 Å². The van der Waals surface area contributed by atoms with E-state index in [0.717, 1.165) is 0 Å². The van der Waals surface area contributed by atoms with Crippen LogP contribution in [0.3, 0.4) is 0 Å². The molecule has 2 rings (SSSR count). The van der Waals surface area contributed by atoms with Gasteiger partial charge in [0, 0.05) is 17.9 Å². The van der Waals surface area contributed by atoms with Crippen molar-refractivity contribution >= 4 is 12.6 Å². The van der Waals surface area contributed by atoms with Crippen LogP contribution in [0, 0.1) is 0 Å². The molecule has 5 nitrogen and oxygen atoms in total. The SMILES string of the molecule is OB(O)c1cnc(-c2ccco2)nc1. The van der Waals surface area contributed by atoms with E-state index in [-0.39, 0.29) is 5.46 Å². The summed E-state index contributed by atoms with van der Waals surface area (Å²) >= 11 is 0. The molecule has 0 aliphatic rings. The Morgan fingerprint density at radius 1 is 1.21 bits per heavy atom. The minimum absolute atomic E-state index is 0.250. The molecule has 6 heteroatoms. The van der Waals surface area contributed by atoms with Gasteiger partial charge in [0.25, 0.3) is 0 Å². The summed E-state index contributed by atoms with van der Waals surface area (Å²) < 4.78 is 5.07. The summed E-state index contributed by atoms with van der Waals surface area (Å²) in [5, 5.41) is 17.6. The summed E-state index contributed by atoms with van der Waals surface area (Å²) in [6.45, 7) is 0. The maximum Gasteiger partial charge on any atom is 0.491 e. The lowest BCUT2D eigenvalue weighted by atomic mass is 9.83. The number of aromatic nitrogens is 2. The Bertz CT molecular complexity index is 399. The van der Waals surface area contributed by atoms with Crippen LogP contribution in [0.1, 0.15) is 0 Å². The van der Waals surface area contributed by atoms with Crippen molar-refractivity contribution in [2.45, 2.75) is 0 Å². The Kier molecular flexibility index (Phi) is 2.30. The highest BCUT2D eigenvalue weighted by molar-refractivity contribution is 6.58. The molecule has 0 saturated carbocycles. The summed E-state index contributed by atoms with van der Waals surface area (Å²) in [4.78, 5) is 7.84. The minimum Gasteiger partial charge on any atom is -0.461 e. The van der Waals surface area contributed by atoms with Crippen LogP contribution in [0.5, 0.6) is 0 Å². The van der Waals surface area contributed by atoms with Crippen molar-refractivity contribution in [2.75, 3.05) is 0 Å². The maximum absolute atomic E-state index is 8.80. The average molecular weight is 190 g/mol. The predicted molar refractivity (Wildman–Crippen MR) is 49.6 cm³/mol. The molecular weight excluding hydrogens is 183 g/mol. The summed E-state index contributed by atoms with van der Waals surface area (Å²) in [5.41, 5.74) is 0.250. The average Bonchev–Trinajstić information content (AvgIpc) is 2.71. The third-order valence-corrected chi connectivity index (χ3v) is 1.71. The Morgan fingerprint density at radius 3 is 2.43 bits per heavy atom. The zero-order valence-electron chi connectivity index (χ0n) is 7.16. The van der Waals surface area contributed by atoms with Gasteiger partial charge >= 0.3 is 7.12 Å². The van der Waals surface area contributed by atoms with Gasteiger partial charge in [-0.1, -0.05) is 0 Å². The Balaban J connectivity index is 2.31. The minimum atomic E-state index is -1.54. The highest BCUT2D eigenvalue weighted by Crippen LogP contribution is 2.12. The van der Waals surface area contributed by atoms with Gasteiger partial charge < -0.3 is 14.5 Å². The standard InChI is InChI=1S/C8H7BN2O3/c12-9(13)6-4-10-8(11-5-6)7-2-1-3-14-7/h1-5,12-13H. The molecule has 2 N–H and O–H groups in total. The van der Waals surface area contributed by atoms with Gasteiger partial charge in [-0.3, -0.25) is 0 Å². The van der Waals surface area contributed by atoms with Gasteiger partial charge in [-0.25, -0.2) is 9.97 Å². The highest BCUT2D eigenvalue weighted by atomic mass is 16.4. The van der Waals surface area contributed by atoms with E-state index in [2.05, 4.69) is 9.97 Å². The first-order valence-electron chi connectivity index (χ1n) is 3.99. The number of rotatable bonds is 2. The van der Waals surface area contributed by atoms with Crippen LogP contribution in [0.15, 0.2) is 35.2 Å². The van der Waals surface area contributed by atoms with Gasteiger partial charge in [0.2, 0.25) is 0 Å². The zero-order valence-corrected chi connectivity index (χ0v) is 7.16. The Morgan fingerprint density at radius 2 is 1.93 bits per heavy atom. The van der Waals surface area contributed by atoms with E-state index < -0.39 is 7.12 Å². The van der Waals surface area contributed by atoms with Crippen molar-refractivity contribution in [3.63, 3.8) is 0 Å². The summed E-state index contributed by atoms with van der Waals surface area (Å²) in [7, 11) is -1.54. The van der Waals surface area contributed by atoms with Crippen molar-refractivity contribution < 1.29 is 14.5 Å². The van der Waals surface area contributed by atoms with Crippen molar-refractivity contribution in [1.82, 2.24) is 9.97 Å². The molecule has 0 unspecified atom stereocenters. The predicted octanol–water partition coefficient (Wildman–Crippen LogP) is -0.584. The molecule has 2 aromatic heterocycles. The number of furan rings is 1. The van der Waals surface area contributed by atoms with Gasteiger partial charge in [-0.05, 0) is 12.1 Å². The normalized spacial score (nSPS) is 10.1. The Labute approximate surface area is 80.2 Å². The lowest BCUT2D eigenvalue weighted by molar-refractivity contribution is 0.425. The second kappa shape index (κ2) is 3.61. The monoisotopic (exact) mass is 190 g/mol. The molecule has 70 valence electrons. The fourth-order valence-corrected chi connectivity index (χ4v) is 1.00. The van der Waals surface area contributed by atoms with Crippen LogP contribution in [-0.2, 0) is 0 Å². The molecule has 0 atom stereocenters. The molecule has 0 fully saturated rings. The summed E-state index contributed by atoms with van der Waals surface area (Å²) in [6, 6.07) is 3.46. The lowest BCUT2D eigenvalue weighted by Gasteiger charge is -1.98. The molecule has 0 saturated heterocycles. The van der Waals surface area contributed by atoms with Gasteiger partial charge in [-0.2, -0.15) is 0 Å². The van der Waals surface area contributed by atoms with Gasteiger partial charge in [-0.15, -0.1) is 0 Å². The fraction of sp³-hybridized carbons (Fsp3) is 0. The third kappa shape index (κ3) is 1.66. The lowest BCUT2D eigenvalue weighted by Crippen LogP contribution is -2.30. The van der Waals surface area contributed by atoms with Crippen LogP contribution in [0.4, 0.5) is 0 Å². The van der Waals surface area contributed by atoms with Crippen LogP contribution in [0.2, 0.25) is 0 Å². The van der Waals surface area contributed by atoms with E-state index >= 15 is 0 Å². The largest absolute Gasteiger partial charge is 0.491 e. The van der Waals surface area contributed by atoms with Gasteiger partial charge in [0.05, 0.1) is 6.26 Å². The molecule has 0 radical (unpaired) electrons. The van der Waals surface area contributed by atoms with Crippen LogP contribution >= 0.6 is 0 Å². The van der Waals surface area contributed by atoms with Crippen molar-refractivity contribution in [3.8, 4) is 11.6 Å². The molecule has 0 spiro atoms. The van der Waals surface area contributed by atoms with Crippen molar-refractivity contribution in [1.29, 1.82) is 0 Å². The molecule has 0 aromatic carbocycles. The van der Waals surface area contributed by atoms with E-state index in [1.54, 1.807) is 12.1 Å². The fourth-order valence-electron chi connectivity index (χ4n) is 1.00. The number of hydrogen-bond acceptors (Lipinski definition) is 5. The van der Waals surface area contributed by atoms with Crippen LogP contribution in [0.25, 0.3) is 11.6 Å². The summed E-state index contributed by atoms with van der Waals surface area (Å²) in [5.74, 6) is 0.961. The van der Waals surface area contributed by atoms with Gasteiger partial charge in [0.1, 0.15) is 0 Å². The molecular formula is C8H7BN2O3. The first-order chi connectivity index (χ1) is 6.77. The van der Waals surface area contributed by atoms with E-state index in [9.17, 15) is 0 Å². The smallest absolute Gasteiger partial charge is 0.461 e. The van der Waals surface area contributed by atoms with Crippen molar-refractivity contribution in [3.05, 3.63) is 30.8 Å². The summed E-state index contributed by atoms with van der Waals surface area (Å²) in [6.07, 6.45) is 4.21. The molecule has 0 amide bonds. The molecule has 14 heavy (non-hydrogen) atoms.